The van der Waals surface area contributed by atoms with Gasteiger partial charge in [-0.1, -0.05) is 0 Å². The van der Waals surface area contributed by atoms with Gasteiger partial charge in [-0.15, -0.1) is 0 Å². The Bertz CT molecular complexity index is 483. The Morgan fingerprint density at radius 2 is 2.10 bits per heavy atom. The van der Waals surface area contributed by atoms with E-state index in [1.165, 1.54) is 19.1 Å². The molecule has 2 N–H and O–H groups in total. The monoisotopic (exact) mass is 280 g/mol. The van der Waals surface area contributed by atoms with Gasteiger partial charge in [-0.25, -0.2) is 4.39 Å². The van der Waals surface area contributed by atoms with E-state index in [1.54, 1.807) is 13.0 Å². The Labute approximate surface area is 118 Å². The summed E-state index contributed by atoms with van der Waals surface area (Å²) in [6, 6.07) is 4.73. The first-order valence-electron chi connectivity index (χ1n) is 6.97. The van der Waals surface area contributed by atoms with E-state index < -0.39 is 6.10 Å². The van der Waals surface area contributed by atoms with Gasteiger partial charge in [-0.05, 0) is 38.0 Å². The van der Waals surface area contributed by atoms with E-state index >= 15 is 0 Å². The highest BCUT2D eigenvalue weighted by molar-refractivity contribution is 5.73. The van der Waals surface area contributed by atoms with Crippen molar-refractivity contribution >= 4 is 11.6 Å². The van der Waals surface area contributed by atoms with Gasteiger partial charge in [0.2, 0.25) is 5.91 Å². The van der Waals surface area contributed by atoms with Crippen molar-refractivity contribution in [1.82, 2.24) is 5.32 Å². The number of aliphatic hydroxyl groups is 1. The summed E-state index contributed by atoms with van der Waals surface area (Å²) >= 11 is 0. The van der Waals surface area contributed by atoms with Crippen LogP contribution < -0.4 is 10.2 Å². The van der Waals surface area contributed by atoms with Crippen molar-refractivity contribution in [2.75, 3.05) is 18.0 Å². The van der Waals surface area contributed by atoms with Crippen LogP contribution in [0.4, 0.5) is 10.1 Å². The molecule has 110 valence electrons. The quantitative estimate of drug-likeness (QED) is 0.890. The molecule has 1 saturated heterocycles. The first kappa shape index (κ1) is 14.8. The molecular formula is C15H21FN2O2. The first-order chi connectivity index (χ1) is 9.47. The predicted molar refractivity (Wildman–Crippen MR) is 76.1 cm³/mol. The van der Waals surface area contributed by atoms with Crippen LogP contribution in [0.1, 0.15) is 38.4 Å². The maximum absolute atomic E-state index is 13.3. The lowest BCUT2D eigenvalue weighted by atomic mass is 10.0. The number of carbonyl (C=O) groups is 1. The number of aliphatic hydroxyl groups excluding tert-OH is 1. The Balaban J connectivity index is 2.09. The molecule has 0 spiro atoms. The van der Waals surface area contributed by atoms with E-state index in [1.807, 2.05) is 0 Å². The lowest BCUT2D eigenvalue weighted by Crippen LogP contribution is -2.44. The highest BCUT2D eigenvalue weighted by Gasteiger charge is 2.22. The number of amides is 1. The summed E-state index contributed by atoms with van der Waals surface area (Å²) in [7, 11) is 0. The Morgan fingerprint density at radius 1 is 1.45 bits per heavy atom. The van der Waals surface area contributed by atoms with Crippen molar-refractivity contribution in [3.8, 4) is 0 Å². The number of carbonyl (C=O) groups excluding carboxylic acids is 1. The number of benzene rings is 1. The van der Waals surface area contributed by atoms with Gasteiger partial charge in [-0.2, -0.15) is 0 Å². The fourth-order valence-electron chi connectivity index (χ4n) is 2.70. The summed E-state index contributed by atoms with van der Waals surface area (Å²) in [5, 5.41) is 12.7. The zero-order chi connectivity index (χ0) is 14.7. The average Bonchev–Trinajstić information content (AvgIpc) is 2.39. The van der Waals surface area contributed by atoms with E-state index in [0.29, 0.717) is 5.56 Å². The number of halogens is 1. The van der Waals surface area contributed by atoms with E-state index in [4.69, 9.17) is 0 Å². The smallest absolute Gasteiger partial charge is 0.217 e. The topological polar surface area (TPSA) is 52.6 Å². The van der Waals surface area contributed by atoms with Crippen molar-refractivity contribution in [3.05, 3.63) is 29.6 Å². The van der Waals surface area contributed by atoms with Crippen molar-refractivity contribution in [2.45, 2.75) is 38.8 Å². The molecule has 1 aromatic carbocycles. The number of piperidine rings is 1. The molecule has 20 heavy (non-hydrogen) atoms. The van der Waals surface area contributed by atoms with Gasteiger partial charge in [0, 0.05) is 37.3 Å². The zero-order valence-corrected chi connectivity index (χ0v) is 11.9. The minimum Gasteiger partial charge on any atom is -0.389 e. The highest BCUT2D eigenvalue weighted by atomic mass is 19.1. The van der Waals surface area contributed by atoms with E-state index in [-0.39, 0.29) is 17.8 Å². The molecule has 0 aromatic heterocycles. The summed E-state index contributed by atoms with van der Waals surface area (Å²) in [6.45, 7) is 4.74. The van der Waals surface area contributed by atoms with Crippen molar-refractivity contribution in [1.29, 1.82) is 0 Å². The van der Waals surface area contributed by atoms with Crippen LogP contribution in [0.2, 0.25) is 0 Å². The number of anilines is 1. The van der Waals surface area contributed by atoms with E-state index in [2.05, 4.69) is 10.2 Å². The second-order valence-electron chi connectivity index (χ2n) is 5.34. The fourth-order valence-corrected chi connectivity index (χ4v) is 2.70. The Kier molecular flexibility index (Phi) is 4.60. The third-order valence-corrected chi connectivity index (χ3v) is 3.68. The molecular weight excluding hydrogens is 259 g/mol. The molecule has 0 bridgehead atoms. The van der Waals surface area contributed by atoms with Crippen LogP contribution in [0.3, 0.4) is 0 Å². The predicted octanol–water partition coefficient (Wildman–Crippen LogP) is 1.98. The maximum atomic E-state index is 13.3. The Hall–Kier alpha value is -1.62. The molecule has 1 atom stereocenters. The lowest BCUT2D eigenvalue weighted by Gasteiger charge is -2.35. The van der Waals surface area contributed by atoms with Crippen LogP contribution in [0.25, 0.3) is 0 Å². The molecule has 1 aromatic rings. The van der Waals surface area contributed by atoms with Crippen molar-refractivity contribution < 1.29 is 14.3 Å². The SMILES string of the molecule is CC(=O)NC1CCN(c2ccc(F)cc2[C@@H](C)O)CC1. The van der Waals surface area contributed by atoms with Gasteiger partial charge in [0.25, 0.3) is 0 Å². The molecule has 0 aliphatic carbocycles. The Morgan fingerprint density at radius 3 is 2.65 bits per heavy atom. The largest absolute Gasteiger partial charge is 0.389 e. The molecule has 0 saturated carbocycles. The molecule has 0 radical (unpaired) electrons. The number of hydrogen-bond donors (Lipinski definition) is 2. The van der Waals surface area contributed by atoms with Crippen LogP contribution in [0.5, 0.6) is 0 Å². The van der Waals surface area contributed by atoms with Crippen molar-refractivity contribution in [3.63, 3.8) is 0 Å². The van der Waals surface area contributed by atoms with Crippen LogP contribution in [0, 0.1) is 5.82 Å². The molecule has 1 aliphatic heterocycles. The van der Waals surface area contributed by atoms with Crippen molar-refractivity contribution in [2.24, 2.45) is 0 Å². The van der Waals surface area contributed by atoms with Crippen LogP contribution >= 0.6 is 0 Å². The summed E-state index contributed by atoms with van der Waals surface area (Å²) < 4.78 is 13.3. The molecule has 5 heteroatoms. The molecule has 2 rings (SSSR count). The van der Waals surface area contributed by atoms with Gasteiger partial charge in [0.05, 0.1) is 6.10 Å². The fraction of sp³-hybridized carbons (Fsp3) is 0.533. The summed E-state index contributed by atoms with van der Waals surface area (Å²) in [6.07, 6.45) is 1.01. The third-order valence-electron chi connectivity index (χ3n) is 3.68. The van der Waals surface area contributed by atoms with Crippen LogP contribution in [-0.2, 0) is 4.79 Å². The second kappa shape index (κ2) is 6.22. The van der Waals surface area contributed by atoms with Gasteiger partial charge >= 0.3 is 0 Å². The minimum absolute atomic E-state index is 0.00472. The van der Waals surface area contributed by atoms with Crippen LogP contribution in [0.15, 0.2) is 18.2 Å². The summed E-state index contributed by atoms with van der Waals surface area (Å²) in [4.78, 5) is 13.2. The molecule has 4 nitrogen and oxygen atoms in total. The number of nitrogens with zero attached hydrogens (tertiary/aromatic N) is 1. The molecule has 1 aliphatic rings. The highest BCUT2D eigenvalue weighted by Crippen LogP contribution is 2.29. The summed E-state index contributed by atoms with van der Waals surface area (Å²) in [5.41, 5.74) is 1.49. The number of hydrogen-bond acceptors (Lipinski definition) is 3. The molecule has 1 fully saturated rings. The minimum atomic E-state index is -0.700. The number of nitrogens with one attached hydrogen (secondary N) is 1. The lowest BCUT2D eigenvalue weighted by molar-refractivity contribution is -0.119. The third kappa shape index (κ3) is 3.48. The average molecular weight is 280 g/mol. The molecule has 0 unspecified atom stereocenters. The number of rotatable bonds is 3. The van der Waals surface area contributed by atoms with Gasteiger partial charge in [0.1, 0.15) is 5.82 Å². The van der Waals surface area contributed by atoms with Gasteiger partial charge in [-0.3, -0.25) is 4.79 Å². The van der Waals surface area contributed by atoms with E-state index in [9.17, 15) is 14.3 Å². The first-order valence-corrected chi connectivity index (χ1v) is 6.97. The van der Waals surface area contributed by atoms with Gasteiger partial charge < -0.3 is 15.3 Å². The molecule has 1 heterocycles. The zero-order valence-electron chi connectivity index (χ0n) is 11.9. The standard InChI is InChI=1S/C15H21FN2O2/c1-10(19)14-9-12(16)3-4-15(14)18-7-5-13(6-8-18)17-11(2)20/h3-4,9-10,13,19H,5-8H2,1-2H3,(H,17,20)/t10-/m1/s1. The normalized spacial score (nSPS) is 17.9. The van der Waals surface area contributed by atoms with Crippen LogP contribution in [-0.4, -0.2) is 30.1 Å². The molecule has 1 amide bonds. The summed E-state index contributed by atoms with van der Waals surface area (Å²) in [5.74, 6) is -0.340. The maximum Gasteiger partial charge on any atom is 0.217 e. The van der Waals surface area contributed by atoms with Gasteiger partial charge in [0.15, 0.2) is 0 Å². The van der Waals surface area contributed by atoms with E-state index in [0.717, 1.165) is 31.6 Å². The second-order valence-corrected chi connectivity index (χ2v) is 5.34.